The minimum Gasteiger partial charge on any atom is -0.497 e. The Kier molecular flexibility index (Phi) is 4.59. The van der Waals surface area contributed by atoms with Crippen molar-refractivity contribution in [1.29, 1.82) is 0 Å². The number of aromatic nitrogens is 1. The number of fused-ring (bicyclic) bond motifs is 1. The molecule has 0 atom stereocenters. The second kappa shape index (κ2) is 6.62. The minimum absolute atomic E-state index is 0.0515. The summed E-state index contributed by atoms with van der Waals surface area (Å²) in [6.45, 7) is 5.00. The SMILES string of the molecule is COc1ccc2nc(NC(=O)C[NH+]3CCC(C)CC3)sc2c1. The summed E-state index contributed by atoms with van der Waals surface area (Å²) in [5, 5.41) is 3.60. The zero-order valence-corrected chi connectivity index (χ0v) is 13.8. The number of likely N-dealkylation sites (tertiary alicyclic amines) is 1. The van der Waals surface area contributed by atoms with E-state index in [0.29, 0.717) is 11.7 Å². The van der Waals surface area contributed by atoms with E-state index in [4.69, 9.17) is 4.74 Å². The molecule has 0 bridgehead atoms. The predicted molar refractivity (Wildman–Crippen MR) is 88.8 cm³/mol. The molecule has 1 amide bonds. The molecule has 1 fully saturated rings. The molecular formula is C16H22N3O2S+. The summed E-state index contributed by atoms with van der Waals surface area (Å²) < 4.78 is 6.23. The van der Waals surface area contributed by atoms with Gasteiger partial charge in [-0.15, -0.1) is 0 Å². The molecule has 1 aromatic heterocycles. The van der Waals surface area contributed by atoms with Crippen LogP contribution in [0.5, 0.6) is 5.75 Å². The molecule has 22 heavy (non-hydrogen) atoms. The van der Waals surface area contributed by atoms with Gasteiger partial charge >= 0.3 is 0 Å². The van der Waals surface area contributed by atoms with Gasteiger partial charge in [0.05, 0.1) is 30.4 Å². The number of quaternary nitrogens is 1. The Labute approximate surface area is 134 Å². The van der Waals surface area contributed by atoms with E-state index >= 15 is 0 Å². The molecule has 0 aliphatic carbocycles. The number of rotatable bonds is 4. The summed E-state index contributed by atoms with van der Waals surface area (Å²) in [6, 6.07) is 5.74. The van der Waals surface area contributed by atoms with Crippen molar-refractivity contribution in [2.45, 2.75) is 19.8 Å². The Balaban J connectivity index is 1.61. The molecule has 6 heteroatoms. The van der Waals surface area contributed by atoms with Gasteiger partial charge in [0.15, 0.2) is 11.7 Å². The zero-order chi connectivity index (χ0) is 15.5. The van der Waals surface area contributed by atoms with Crippen LogP contribution in [0.25, 0.3) is 10.2 Å². The van der Waals surface area contributed by atoms with E-state index in [1.807, 2.05) is 18.2 Å². The third-order valence-corrected chi connectivity index (χ3v) is 5.17. The van der Waals surface area contributed by atoms with Crippen molar-refractivity contribution in [3.05, 3.63) is 18.2 Å². The van der Waals surface area contributed by atoms with Crippen LogP contribution in [0, 0.1) is 5.92 Å². The van der Waals surface area contributed by atoms with E-state index in [0.717, 1.165) is 35.0 Å². The second-order valence-electron chi connectivity index (χ2n) is 6.01. The average molecular weight is 320 g/mol. The van der Waals surface area contributed by atoms with Crippen LogP contribution in [0.1, 0.15) is 19.8 Å². The number of hydrogen-bond acceptors (Lipinski definition) is 4. The first-order chi connectivity index (χ1) is 10.6. The Hall–Kier alpha value is -1.66. The number of carbonyl (C=O) groups excluding carboxylic acids is 1. The molecule has 2 aromatic rings. The lowest BCUT2D eigenvalue weighted by Gasteiger charge is -2.26. The van der Waals surface area contributed by atoms with Gasteiger partial charge in [-0.25, -0.2) is 4.98 Å². The predicted octanol–water partition coefficient (Wildman–Crippen LogP) is 1.56. The first-order valence-corrected chi connectivity index (χ1v) is 8.53. The first-order valence-electron chi connectivity index (χ1n) is 7.72. The lowest BCUT2D eigenvalue weighted by molar-refractivity contribution is -0.897. The van der Waals surface area contributed by atoms with Crippen LogP contribution >= 0.6 is 11.3 Å². The van der Waals surface area contributed by atoms with Crippen molar-refractivity contribution >= 4 is 32.6 Å². The Morgan fingerprint density at radius 3 is 2.95 bits per heavy atom. The van der Waals surface area contributed by atoms with Crippen LogP contribution in [-0.4, -0.2) is 37.6 Å². The van der Waals surface area contributed by atoms with Crippen LogP contribution in [0.3, 0.4) is 0 Å². The van der Waals surface area contributed by atoms with Crippen molar-refractivity contribution in [3.63, 3.8) is 0 Å². The van der Waals surface area contributed by atoms with Crippen molar-refractivity contribution in [2.24, 2.45) is 5.92 Å². The summed E-state index contributed by atoms with van der Waals surface area (Å²) in [5.74, 6) is 1.66. The number of thiazole rings is 1. The first kappa shape index (κ1) is 15.2. The van der Waals surface area contributed by atoms with Crippen LogP contribution in [-0.2, 0) is 4.79 Å². The van der Waals surface area contributed by atoms with E-state index in [1.54, 1.807) is 7.11 Å². The highest BCUT2D eigenvalue weighted by Gasteiger charge is 2.21. The molecule has 0 spiro atoms. The van der Waals surface area contributed by atoms with E-state index in [2.05, 4.69) is 17.2 Å². The molecule has 0 saturated carbocycles. The summed E-state index contributed by atoms with van der Waals surface area (Å²) >= 11 is 1.49. The molecule has 2 N–H and O–H groups in total. The third-order valence-electron chi connectivity index (χ3n) is 4.23. The summed E-state index contributed by atoms with van der Waals surface area (Å²) in [4.78, 5) is 18.0. The molecule has 1 saturated heterocycles. The van der Waals surface area contributed by atoms with E-state index < -0.39 is 0 Å². The van der Waals surface area contributed by atoms with Crippen LogP contribution in [0.4, 0.5) is 5.13 Å². The molecule has 2 heterocycles. The number of nitrogens with one attached hydrogen (secondary N) is 2. The van der Waals surface area contributed by atoms with Gasteiger partial charge in [-0.05, 0) is 37.0 Å². The number of hydrogen-bond donors (Lipinski definition) is 2. The molecular weight excluding hydrogens is 298 g/mol. The molecule has 3 rings (SSSR count). The zero-order valence-electron chi connectivity index (χ0n) is 13.0. The topological polar surface area (TPSA) is 55.7 Å². The maximum atomic E-state index is 12.2. The normalized spacial score (nSPS) is 21.7. The highest BCUT2D eigenvalue weighted by molar-refractivity contribution is 7.22. The van der Waals surface area contributed by atoms with Crippen molar-refractivity contribution in [3.8, 4) is 5.75 Å². The van der Waals surface area contributed by atoms with Gasteiger partial charge < -0.3 is 9.64 Å². The lowest BCUT2D eigenvalue weighted by atomic mass is 9.99. The fraction of sp³-hybridized carbons (Fsp3) is 0.500. The van der Waals surface area contributed by atoms with Crippen LogP contribution in [0.15, 0.2) is 18.2 Å². The smallest absolute Gasteiger partial charge is 0.281 e. The van der Waals surface area contributed by atoms with Crippen molar-refractivity contribution < 1.29 is 14.4 Å². The van der Waals surface area contributed by atoms with Gasteiger partial charge in [-0.3, -0.25) is 10.1 Å². The standard InChI is InChI=1S/C16H21N3O2S/c1-11-5-7-19(8-6-11)10-15(20)18-16-17-13-4-3-12(21-2)9-14(13)22-16/h3-4,9,11H,5-8,10H2,1-2H3,(H,17,18,20)/p+1. The van der Waals surface area contributed by atoms with Gasteiger partial charge in [0.25, 0.3) is 5.91 Å². The quantitative estimate of drug-likeness (QED) is 0.899. The summed E-state index contributed by atoms with van der Waals surface area (Å²) in [6.07, 6.45) is 2.42. The highest BCUT2D eigenvalue weighted by Crippen LogP contribution is 2.28. The van der Waals surface area contributed by atoms with Gasteiger partial charge in [-0.1, -0.05) is 18.3 Å². The van der Waals surface area contributed by atoms with Crippen LogP contribution < -0.4 is 15.0 Å². The van der Waals surface area contributed by atoms with Crippen molar-refractivity contribution in [1.82, 2.24) is 4.98 Å². The fourth-order valence-electron chi connectivity index (χ4n) is 2.82. The Morgan fingerprint density at radius 2 is 2.23 bits per heavy atom. The number of ether oxygens (including phenoxy) is 1. The third kappa shape index (κ3) is 3.56. The van der Waals surface area contributed by atoms with Gasteiger partial charge in [0.1, 0.15) is 5.75 Å². The summed E-state index contributed by atoms with van der Waals surface area (Å²) in [5.41, 5.74) is 0.889. The number of benzene rings is 1. The summed E-state index contributed by atoms with van der Waals surface area (Å²) in [7, 11) is 1.65. The fourth-order valence-corrected chi connectivity index (χ4v) is 3.73. The average Bonchev–Trinajstić information content (AvgIpc) is 2.90. The molecule has 1 aliphatic rings. The second-order valence-corrected chi connectivity index (χ2v) is 7.04. The maximum Gasteiger partial charge on any atom is 0.281 e. The Morgan fingerprint density at radius 1 is 1.45 bits per heavy atom. The number of methoxy groups -OCH3 is 1. The highest BCUT2D eigenvalue weighted by atomic mass is 32.1. The number of anilines is 1. The van der Waals surface area contributed by atoms with E-state index in [-0.39, 0.29) is 5.91 Å². The van der Waals surface area contributed by atoms with E-state index in [9.17, 15) is 4.79 Å². The number of carbonyl (C=O) groups is 1. The Bertz CT molecular complexity index is 662. The number of piperidine rings is 1. The maximum absolute atomic E-state index is 12.2. The largest absolute Gasteiger partial charge is 0.497 e. The van der Waals surface area contributed by atoms with Gasteiger partial charge in [0.2, 0.25) is 0 Å². The molecule has 0 radical (unpaired) electrons. The molecule has 1 aliphatic heterocycles. The molecule has 0 unspecified atom stereocenters. The van der Waals surface area contributed by atoms with Crippen molar-refractivity contribution in [2.75, 3.05) is 32.1 Å². The number of nitrogens with zero attached hydrogens (tertiary/aromatic N) is 1. The minimum atomic E-state index is 0.0515. The molecule has 118 valence electrons. The van der Waals surface area contributed by atoms with Gasteiger partial charge in [-0.2, -0.15) is 0 Å². The van der Waals surface area contributed by atoms with Gasteiger partial charge in [0, 0.05) is 0 Å². The van der Waals surface area contributed by atoms with E-state index in [1.165, 1.54) is 29.1 Å². The number of amides is 1. The lowest BCUT2D eigenvalue weighted by Crippen LogP contribution is -3.14. The monoisotopic (exact) mass is 320 g/mol. The molecule has 5 nitrogen and oxygen atoms in total. The van der Waals surface area contributed by atoms with Crippen LogP contribution in [0.2, 0.25) is 0 Å². The molecule has 1 aromatic carbocycles.